The zero-order chi connectivity index (χ0) is 13.2. The van der Waals surface area contributed by atoms with Gasteiger partial charge in [0.15, 0.2) is 0 Å². The highest BCUT2D eigenvalue weighted by molar-refractivity contribution is 5.85. The van der Waals surface area contributed by atoms with E-state index in [0.29, 0.717) is 6.04 Å². The Kier molecular flexibility index (Phi) is 4.64. The van der Waals surface area contributed by atoms with E-state index < -0.39 is 0 Å². The maximum absolute atomic E-state index is 4.33. The van der Waals surface area contributed by atoms with Gasteiger partial charge in [-0.2, -0.15) is 0 Å². The minimum atomic E-state index is 0. The first-order valence-corrected chi connectivity index (χ1v) is 6.82. The van der Waals surface area contributed by atoms with Gasteiger partial charge in [-0.05, 0) is 47.7 Å². The van der Waals surface area contributed by atoms with E-state index in [1.807, 2.05) is 7.05 Å². The lowest BCUT2D eigenvalue weighted by atomic mass is 9.84. The number of hydrogen-bond acceptors (Lipinski definition) is 1. The Morgan fingerprint density at radius 2 is 1.35 bits per heavy atom. The summed E-state index contributed by atoms with van der Waals surface area (Å²) >= 11 is 0. The zero-order valence-electron chi connectivity index (χ0n) is 11.7. The molecule has 0 fully saturated rings. The fraction of sp³-hybridized carbons (Fsp3) is 0.222. The van der Waals surface area contributed by atoms with E-state index in [0.717, 1.165) is 18.4 Å². The van der Waals surface area contributed by atoms with Crippen LogP contribution in [0.25, 0.3) is 5.57 Å². The molecule has 3 rings (SSSR count). The van der Waals surface area contributed by atoms with Gasteiger partial charge in [-0.1, -0.05) is 55.1 Å². The summed E-state index contributed by atoms with van der Waals surface area (Å²) in [6.07, 6.45) is 2.11. The Labute approximate surface area is 127 Å². The number of rotatable bonds is 1. The van der Waals surface area contributed by atoms with E-state index >= 15 is 0 Å². The van der Waals surface area contributed by atoms with E-state index in [1.54, 1.807) is 0 Å². The summed E-state index contributed by atoms with van der Waals surface area (Å²) in [4.78, 5) is 0. The molecule has 0 aromatic heterocycles. The molecule has 2 aromatic rings. The molecule has 0 saturated heterocycles. The first kappa shape index (κ1) is 14.8. The fourth-order valence-electron chi connectivity index (χ4n) is 2.94. The van der Waals surface area contributed by atoms with Crippen molar-refractivity contribution in [3.05, 3.63) is 77.4 Å². The predicted molar refractivity (Wildman–Crippen MR) is 88.5 cm³/mol. The molecule has 0 spiro atoms. The second kappa shape index (κ2) is 6.25. The molecule has 20 heavy (non-hydrogen) atoms. The van der Waals surface area contributed by atoms with Crippen LogP contribution in [-0.4, -0.2) is 13.1 Å². The minimum Gasteiger partial charge on any atom is -0.316 e. The topological polar surface area (TPSA) is 12.0 Å². The van der Waals surface area contributed by atoms with Crippen LogP contribution in [0.4, 0.5) is 0 Å². The Hall–Kier alpha value is -1.57. The first-order valence-electron chi connectivity index (χ1n) is 6.82. The molecule has 0 saturated carbocycles. The molecule has 1 aliphatic carbocycles. The second-order valence-corrected chi connectivity index (χ2v) is 5.19. The van der Waals surface area contributed by atoms with Crippen LogP contribution in [-0.2, 0) is 12.8 Å². The fourth-order valence-corrected chi connectivity index (χ4v) is 2.94. The summed E-state index contributed by atoms with van der Waals surface area (Å²) in [6, 6.07) is 17.7. The molecule has 0 aliphatic heterocycles. The van der Waals surface area contributed by atoms with Gasteiger partial charge in [0.1, 0.15) is 0 Å². The normalized spacial score (nSPS) is 14.6. The van der Waals surface area contributed by atoms with Crippen LogP contribution in [0.3, 0.4) is 0 Å². The van der Waals surface area contributed by atoms with Crippen LogP contribution < -0.4 is 5.32 Å². The van der Waals surface area contributed by atoms with Crippen molar-refractivity contribution in [3.8, 4) is 0 Å². The maximum Gasteiger partial charge on any atom is 0.0145 e. The van der Waals surface area contributed by atoms with Crippen molar-refractivity contribution in [1.82, 2.24) is 5.32 Å². The number of nitrogens with one attached hydrogen (secondary N) is 1. The molecular weight excluding hydrogens is 266 g/mol. The quantitative estimate of drug-likeness (QED) is 0.839. The standard InChI is InChI=1S/C18H19N.ClH/c1-13-17-9-5-3-7-14(17)11-16(19-2)12-15-8-4-6-10-18(13)15;/h3-10,16,19H,1,11-12H2,2H3;1H. The molecule has 1 N–H and O–H groups in total. The summed E-state index contributed by atoms with van der Waals surface area (Å²) in [7, 11) is 2.05. The van der Waals surface area contributed by atoms with E-state index in [4.69, 9.17) is 0 Å². The minimum absolute atomic E-state index is 0. The van der Waals surface area contributed by atoms with Gasteiger partial charge in [0, 0.05) is 6.04 Å². The first-order chi connectivity index (χ1) is 9.29. The van der Waals surface area contributed by atoms with Crippen molar-refractivity contribution < 1.29 is 0 Å². The summed E-state index contributed by atoms with van der Waals surface area (Å²) in [5, 5.41) is 3.44. The molecule has 1 nitrogen and oxygen atoms in total. The molecule has 0 radical (unpaired) electrons. The Morgan fingerprint density at radius 1 is 0.900 bits per heavy atom. The molecule has 0 bridgehead atoms. The molecule has 0 unspecified atom stereocenters. The van der Waals surface area contributed by atoms with Crippen LogP contribution in [0, 0.1) is 0 Å². The van der Waals surface area contributed by atoms with Crippen molar-refractivity contribution in [3.63, 3.8) is 0 Å². The van der Waals surface area contributed by atoms with Crippen molar-refractivity contribution in [2.45, 2.75) is 18.9 Å². The zero-order valence-corrected chi connectivity index (χ0v) is 12.5. The number of halogens is 1. The number of hydrogen-bond donors (Lipinski definition) is 1. The Morgan fingerprint density at radius 3 is 1.80 bits per heavy atom. The SMILES string of the molecule is C=C1c2ccccc2CC(NC)Cc2ccccc21.Cl. The van der Waals surface area contributed by atoms with Crippen molar-refractivity contribution >= 4 is 18.0 Å². The van der Waals surface area contributed by atoms with Crippen molar-refractivity contribution in [1.29, 1.82) is 0 Å². The highest BCUT2D eigenvalue weighted by Gasteiger charge is 2.19. The average molecular weight is 286 g/mol. The van der Waals surface area contributed by atoms with E-state index in [-0.39, 0.29) is 12.4 Å². The lowest BCUT2D eigenvalue weighted by Gasteiger charge is -2.25. The molecule has 0 heterocycles. The van der Waals surface area contributed by atoms with Gasteiger partial charge in [0.05, 0.1) is 0 Å². The molecule has 0 amide bonds. The summed E-state index contributed by atoms with van der Waals surface area (Å²) < 4.78 is 0. The van der Waals surface area contributed by atoms with Gasteiger partial charge in [0.25, 0.3) is 0 Å². The summed E-state index contributed by atoms with van der Waals surface area (Å²) in [5.74, 6) is 0. The molecule has 2 aromatic carbocycles. The van der Waals surface area contributed by atoms with Crippen LogP contribution in [0.2, 0.25) is 0 Å². The molecule has 0 atom stereocenters. The van der Waals surface area contributed by atoms with Crippen LogP contribution in [0.15, 0.2) is 55.1 Å². The van der Waals surface area contributed by atoms with Crippen molar-refractivity contribution in [2.75, 3.05) is 7.05 Å². The lowest BCUT2D eigenvalue weighted by Crippen LogP contribution is -2.31. The largest absolute Gasteiger partial charge is 0.316 e. The summed E-state index contributed by atoms with van der Waals surface area (Å²) in [6.45, 7) is 4.33. The number of benzene rings is 2. The second-order valence-electron chi connectivity index (χ2n) is 5.19. The van der Waals surface area contributed by atoms with Gasteiger partial charge in [-0.3, -0.25) is 0 Å². The lowest BCUT2D eigenvalue weighted by molar-refractivity contribution is 0.554. The Balaban J connectivity index is 0.00000147. The van der Waals surface area contributed by atoms with Gasteiger partial charge >= 0.3 is 0 Å². The van der Waals surface area contributed by atoms with Gasteiger partial charge in [-0.15, -0.1) is 12.4 Å². The van der Waals surface area contributed by atoms with Crippen LogP contribution >= 0.6 is 12.4 Å². The predicted octanol–water partition coefficient (Wildman–Crippen LogP) is 3.86. The average Bonchev–Trinajstić information content (AvgIpc) is 2.45. The van der Waals surface area contributed by atoms with Crippen molar-refractivity contribution in [2.24, 2.45) is 0 Å². The van der Waals surface area contributed by atoms with Gasteiger partial charge in [0.2, 0.25) is 0 Å². The third-order valence-electron chi connectivity index (χ3n) is 4.03. The van der Waals surface area contributed by atoms with Crippen LogP contribution in [0.1, 0.15) is 22.3 Å². The highest BCUT2D eigenvalue weighted by Crippen LogP contribution is 2.31. The monoisotopic (exact) mass is 285 g/mol. The molecule has 104 valence electrons. The number of fused-ring (bicyclic) bond motifs is 2. The van der Waals surface area contributed by atoms with Crippen LogP contribution in [0.5, 0.6) is 0 Å². The third kappa shape index (κ3) is 2.65. The van der Waals surface area contributed by atoms with Gasteiger partial charge < -0.3 is 5.32 Å². The third-order valence-corrected chi connectivity index (χ3v) is 4.03. The van der Waals surface area contributed by atoms with Gasteiger partial charge in [-0.25, -0.2) is 0 Å². The van der Waals surface area contributed by atoms with E-state index in [2.05, 4.69) is 60.4 Å². The highest BCUT2D eigenvalue weighted by atomic mass is 35.5. The van der Waals surface area contributed by atoms with E-state index in [9.17, 15) is 0 Å². The number of likely N-dealkylation sites (N-methyl/N-ethyl adjacent to an activating group) is 1. The smallest absolute Gasteiger partial charge is 0.0145 e. The maximum atomic E-state index is 4.33. The molecular formula is C18H20ClN. The van der Waals surface area contributed by atoms with E-state index in [1.165, 1.54) is 22.3 Å². The molecule has 2 heteroatoms. The summed E-state index contributed by atoms with van der Waals surface area (Å²) in [5.41, 5.74) is 6.51. The Bertz CT molecular complexity index is 567. The molecule has 1 aliphatic rings.